The third kappa shape index (κ3) is 5.32. The van der Waals surface area contributed by atoms with E-state index in [1.807, 2.05) is 24.3 Å². The van der Waals surface area contributed by atoms with Crippen LogP contribution in [0.4, 0.5) is 5.69 Å². The maximum absolute atomic E-state index is 12.4. The molecule has 1 aromatic rings. The maximum Gasteiger partial charge on any atom is 0.228 e. The first-order chi connectivity index (χ1) is 10.9. The molecule has 1 amide bonds. The van der Waals surface area contributed by atoms with E-state index in [1.54, 1.807) is 0 Å². The van der Waals surface area contributed by atoms with Crippen LogP contribution in [0.15, 0.2) is 24.3 Å². The Balaban J connectivity index is 1.93. The predicted molar refractivity (Wildman–Crippen MR) is 92.8 cm³/mol. The van der Waals surface area contributed by atoms with Gasteiger partial charge < -0.3 is 5.32 Å². The summed E-state index contributed by atoms with van der Waals surface area (Å²) in [4.78, 5) is 12.4. The molecule has 1 aromatic carbocycles. The lowest BCUT2D eigenvalue weighted by atomic mass is 9.98. The number of hydrogen-bond acceptors (Lipinski definition) is 3. The van der Waals surface area contributed by atoms with Crippen molar-refractivity contribution in [3.63, 3.8) is 0 Å². The van der Waals surface area contributed by atoms with Gasteiger partial charge in [-0.2, -0.15) is 0 Å². The summed E-state index contributed by atoms with van der Waals surface area (Å²) in [6.45, 7) is 2.95. The first kappa shape index (κ1) is 17.9. The van der Waals surface area contributed by atoms with Gasteiger partial charge in [0.1, 0.15) is 0 Å². The predicted octanol–water partition coefficient (Wildman–Crippen LogP) is 2.64. The Labute approximate surface area is 139 Å². The summed E-state index contributed by atoms with van der Waals surface area (Å²) in [5.74, 6) is -0.377. The van der Waals surface area contributed by atoms with Crippen LogP contribution in [0, 0.1) is 5.92 Å². The van der Waals surface area contributed by atoms with Crippen LogP contribution in [0.5, 0.6) is 0 Å². The zero-order valence-electron chi connectivity index (χ0n) is 13.9. The zero-order valence-corrected chi connectivity index (χ0v) is 14.7. The Morgan fingerprint density at radius 1 is 1.30 bits per heavy atom. The van der Waals surface area contributed by atoms with Gasteiger partial charge in [-0.3, -0.25) is 4.79 Å². The fourth-order valence-corrected chi connectivity index (χ4v) is 3.75. The molecule has 0 saturated carbocycles. The van der Waals surface area contributed by atoms with Crippen LogP contribution >= 0.6 is 0 Å². The van der Waals surface area contributed by atoms with Gasteiger partial charge in [0.05, 0.1) is 12.2 Å². The quantitative estimate of drug-likeness (QED) is 0.867. The van der Waals surface area contributed by atoms with Crippen molar-refractivity contribution in [2.24, 2.45) is 5.92 Å². The molecule has 0 aromatic heterocycles. The third-order valence-electron chi connectivity index (χ3n) is 4.26. The van der Waals surface area contributed by atoms with Crippen molar-refractivity contribution in [3.8, 4) is 0 Å². The van der Waals surface area contributed by atoms with E-state index in [2.05, 4.69) is 12.2 Å². The Morgan fingerprint density at radius 2 is 2.00 bits per heavy atom. The minimum absolute atomic E-state index is 0.0975. The van der Waals surface area contributed by atoms with E-state index in [0.29, 0.717) is 6.54 Å². The van der Waals surface area contributed by atoms with E-state index in [4.69, 9.17) is 0 Å². The number of rotatable bonds is 6. The second-order valence-corrected chi connectivity index (χ2v) is 8.23. The van der Waals surface area contributed by atoms with Gasteiger partial charge in [0, 0.05) is 18.8 Å². The van der Waals surface area contributed by atoms with Crippen molar-refractivity contribution >= 4 is 21.6 Å². The first-order valence-corrected chi connectivity index (χ1v) is 10.1. The number of amides is 1. The number of nitrogens with zero attached hydrogens (tertiary/aromatic N) is 1. The van der Waals surface area contributed by atoms with Crippen molar-refractivity contribution in [3.05, 3.63) is 29.8 Å². The molecule has 1 unspecified atom stereocenters. The molecule has 1 saturated heterocycles. The average molecular weight is 338 g/mol. The lowest BCUT2D eigenvalue weighted by Gasteiger charge is -2.30. The zero-order chi connectivity index (χ0) is 16.9. The molecule has 0 aliphatic carbocycles. The highest BCUT2D eigenvalue weighted by Crippen LogP contribution is 2.21. The van der Waals surface area contributed by atoms with Crippen molar-refractivity contribution in [1.29, 1.82) is 0 Å². The number of sulfonamides is 1. The standard InChI is InChI=1S/C17H26N2O3S/c1-3-4-6-14-8-10-16(11-9-14)18-17(20)15-7-5-12-19(13-15)23(2,21)22/h8-11,15H,3-7,12-13H2,1-2H3,(H,18,20). The van der Waals surface area contributed by atoms with Gasteiger partial charge in [0.15, 0.2) is 0 Å². The van der Waals surface area contributed by atoms with Crippen LogP contribution in [0.25, 0.3) is 0 Å². The van der Waals surface area contributed by atoms with E-state index in [9.17, 15) is 13.2 Å². The van der Waals surface area contributed by atoms with Gasteiger partial charge in [-0.15, -0.1) is 0 Å². The minimum Gasteiger partial charge on any atom is -0.326 e. The number of hydrogen-bond donors (Lipinski definition) is 1. The highest BCUT2D eigenvalue weighted by Gasteiger charge is 2.30. The molecule has 1 N–H and O–H groups in total. The fourth-order valence-electron chi connectivity index (χ4n) is 2.84. The topological polar surface area (TPSA) is 66.5 Å². The number of aryl methyl sites for hydroxylation is 1. The van der Waals surface area contributed by atoms with Crippen LogP contribution in [0.2, 0.25) is 0 Å². The molecule has 0 bridgehead atoms. The molecule has 128 valence electrons. The van der Waals surface area contributed by atoms with Gasteiger partial charge in [0.25, 0.3) is 0 Å². The summed E-state index contributed by atoms with van der Waals surface area (Å²) >= 11 is 0. The number of carbonyl (C=O) groups is 1. The van der Waals surface area contributed by atoms with Crippen molar-refractivity contribution in [2.75, 3.05) is 24.7 Å². The fraction of sp³-hybridized carbons (Fsp3) is 0.588. The minimum atomic E-state index is -3.23. The molecule has 1 heterocycles. The van der Waals surface area contributed by atoms with Crippen LogP contribution < -0.4 is 5.32 Å². The van der Waals surface area contributed by atoms with Crippen LogP contribution in [-0.2, 0) is 21.2 Å². The molecular formula is C17H26N2O3S. The monoisotopic (exact) mass is 338 g/mol. The van der Waals surface area contributed by atoms with Crippen molar-refractivity contribution in [1.82, 2.24) is 4.31 Å². The van der Waals surface area contributed by atoms with E-state index >= 15 is 0 Å². The molecule has 2 rings (SSSR count). The van der Waals surface area contributed by atoms with E-state index in [1.165, 1.54) is 16.1 Å². The molecule has 0 radical (unpaired) electrons. The molecule has 6 heteroatoms. The number of benzene rings is 1. The molecule has 23 heavy (non-hydrogen) atoms. The third-order valence-corrected chi connectivity index (χ3v) is 5.53. The Hall–Kier alpha value is -1.40. The molecule has 1 aliphatic heterocycles. The number of nitrogens with one attached hydrogen (secondary N) is 1. The maximum atomic E-state index is 12.4. The SMILES string of the molecule is CCCCc1ccc(NC(=O)C2CCCN(S(C)(=O)=O)C2)cc1. The largest absolute Gasteiger partial charge is 0.326 e. The summed E-state index contributed by atoms with van der Waals surface area (Å²) in [5, 5.41) is 2.91. The van der Waals surface area contributed by atoms with Crippen molar-refractivity contribution in [2.45, 2.75) is 39.0 Å². The molecule has 5 nitrogen and oxygen atoms in total. The van der Waals surface area contributed by atoms with E-state index < -0.39 is 10.0 Å². The van der Waals surface area contributed by atoms with Crippen LogP contribution in [0.3, 0.4) is 0 Å². The number of unbranched alkanes of at least 4 members (excludes halogenated alkanes) is 1. The summed E-state index contributed by atoms with van der Waals surface area (Å²) in [6.07, 6.45) is 6.03. The molecule has 1 atom stereocenters. The van der Waals surface area contributed by atoms with Gasteiger partial charge >= 0.3 is 0 Å². The van der Waals surface area contributed by atoms with Gasteiger partial charge in [-0.1, -0.05) is 25.5 Å². The Morgan fingerprint density at radius 3 is 2.61 bits per heavy atom. The summed E-state index contributed by atoms with van der Waals surface area (Å²) in [7, 11) is -3.23. The number of piperidine rings is 1. The molecule has 0 spiro atoms. The molecular weight excluding hydrogens is 312 g/mol. The second kappa shape index (κ2) is 7.93. The lowest BCUT2D eigenvalue weighted by molar-refractivity contribution is -0.120. The lowest BCUT2D eigenvalue weighted by Crippen LogP contribution is -2.43. The average Bonchev–Trinajstić information content (AvgIpc) is 2.53. The Bertz CT molecular complexity index is 626. The van der Waals surface area contributed by atoms with Gasteiger partial charge in [-0.05, 0) is 43.4 Å². The second-order valence-electron chi connectivity index (χ2n) is 6.25. The summed E-state index contributed by atoms with van der Waals surface area (Å²) < 4.78 is 24.7. The van der Waals surface area contributed by atoms with Crippen LogP contribution in [-0.4, -0.2) is 38.0 Å². The first-order valence-electron chi connectivity index (χ1n) is 8.25. The molecule has 1 fully saturated rings. The number of carbonyl (C=O) groups excluding carboxylic acids is 1. The highest BCUT2D eigenvalue weighted by atomic mass is 32.2. The normalized spacial score (nSPS) is 19.5. The van der Waals surface area contributed by atoms with E-state index in [0.717, 1.165) is 37.8 Å². The van der Waals surface area contributed by atoms with Crippen LogP contribution in [0.1, 0.15) is 38.2 Å². The molecule has 1 aliphatic rings. The summed E-state index contributed by atoms with van der Waals surface area (Å²) in [5.41, 5.74) is 2.04. The van der Waals surface area contributed by atoms with Gasteiger partial charge in [0.2, 0.25) is 15.9 Å². The van der Waals surface area contributed by atoms with Crippen molar-refractivity contribution < 1.29 is 13.2 Å². The smallest absolute Gasteiger partial charge is 0.228 e. The van der Waals surface area contributed by atoms with E-state index in [-0.39, 0.29) is 18.4 Å². The number of anilines is 1. The van der Waals surface area contributed by atoms with Gasteiger partial charge in [-0.25, -0.2) is 12.7 Å². The Kier molecular flexibility index (Phi) is 6.18. The summed E-state index contributed by atoms with van der Waals surface area (Å²) in [6, 6.07) is 7.91. The highest BCUT2D eigenvalue weighted by molar-refractivity contribution is 7.88.